The van der Waals surface area contributed by atoms with Crippen LogP contribution in [-0.2, 0) is 26.2 Å². The number of nitrogens with one attached hydrogen (secondary N) is 1. The van der Waals surface area contributed by atoms with E-state index in [0.29, 0.717) is 34.8 Å². The molecule has 0 heterocycles. The van der Waals surface area contributed by atoms with Gasteiger partial charge in [-0.2, -0.15) is 0 Å². The summed E-state index contributed by atoms with van der Waals surface area (Å²) in [6.45, 7) is 5.74. The zero-order valence-electron chi connectivity index (χ0n) is 22.6. The smallest absolute Gasteiger partial charge is 0.264 e. The first-order valence-electron chi connectivity index (χ1n) is 13.1. The summed E-state index contributed by atoms with van der Waals surface area (Å²) in [5.41, 5.74) is 1.76. The highest BCUT2D eigenvalue weighted by Gasteiger charge is 2.34. The molecule has 9 heteroatoms. The monoisotopic (exact) mass is 569 g/mol. The molecule has 0 aliphatic carbocycles. The van der Waals surface area contributed by atoms with Gasteiger partial charge in [-0.25, -0.2) is 8.42 Å². The molecule has 0 aliphatic rings. The van der Waals surface area contributed by atoms with Crippen molar-refractivity contribution < 1.29 is 18.0 Å². The van der Waals surface area contributed by atoms with Crippen molar-refractivity contribution in [1.29, 1.82) is 0 Å². The SMILES string of the molecule is CCCCNC(=O)C(CC)N(Cc1ccccc1Cl)C(=O)CN(c1ccccc1C)S(=O)(=O)c1ccccc1. The molecule has 208 valence electrons. The van der Waals surface area contributed by atoms with Gasteiger partial charge in [0, 0.05) is 18.1 Å². The molecule has 3 rings (SSSR count). The van der Waals surface area contributed by atoms with E-state index in [1.54, 1.807) is 61.5 Å². The van der Waals surface area contributed by atoms with Crippen LogP contribution in [0.1, 0.15) is 44.2 Å². The first-order chi connectivity index (χ1) is 18.7. The number of para-hydroxylation sites is 1. The molecule has 0 bridgehead atoms. The summed E-state index contributed by atoms with van der Waals surface area (Å²) in [7, 11) is -4.10. The number of nitrogens with zero attached hydrogens (tertiary/aromatic N) is 2. The predicted molar refractivity (Wildman–Crippen MR) is 156 cm³/mol. The number of hydrogen-bond acceptors (Lipinski definition) is 4. The van der Waals surface area contributed by atoms with Crippen LogP contribution in [0.3, 0.4) is 0 Å². The molecule has 3 aromatic carbocycles. The van der Waals surface area contributed by atoms with Crippen LogP contribution in [0.2, 0.25) is 5.02 Å². The van der Waals surface area contributed by atoms with Crippen molar-refractivity contribution in [3.63, 3.8) is 0 Å². The van der Waals surface area contributed by atoms with Gasteiger partial charge in [0.1, 0.15) is 12.6 Å². The Bertz CT molecular complexity index is 1370. The van der Waals surface area contributed by atoms with Crippen LogP contribution in [-0.4, -0.2) is 44.3 Å². The van der Waals surface area contributed by atoms with Gasteiger partial charge in [-0.05, 0) is 55.2 Å². The van der Waals surface area contributed by atoms with Crippen molar-refractivity contribution in [2.24, 2.45) is 0 Å². The van der Waals surface area contributed by atoms with Gasteiger partial charge in [-0.1, -0.05) is 86.5 Å². The van der Waals surface area contributed by atoms with E-state index in [1.807, 2.05) is 26.0 Å². The lowest BCUT2D eigenvalue weighted by Gasteiger charge is -2.33. The maximum absolute atomic E-state index is 14.1. The van der Waals surface area contributed by atoms with E-state index in [2.05, 4.69) is 5.32 Å². The molecule has 0 saturated carbocycles. The molecule has 1 unspecified atom stereocenters. The standard InChI is InChI=1S/C30H36ClN3O4S/c1-4-6-20-32-30(36)27(5-2)33(21-24-15-11-12-18-26(24)31)29(35)22-34(28-19-13-10-14-23(28)3)39(37,38)25-16-8-7-9-17-25/h7-19,27H,4-6,20-22H2,1-3H3,(H,32,36). The van der Waals surface area contributed by atoms with Crippen LogP contribution >= 0.6 is 11.6 Å². The number of carbonyl (C=O) groups is 2. The number of aryl methyl sites for hydroxylation is 1. The Morgan fingerprint density at radius 3 is 2.21 bits per heavy atom. The van der Waals surface area contributed by atoms with Crippen molar-refractivity contribution in [2.45, 2.75) is 57.5 Å². The minimum atomic E-state index is -4.10. The first-order valence-corrected chi connectivity index (χ1v) is 15.0. The lowest BCUT2D eigenvalue weighted by Crippen LogP contribution is -2.52. The number of halogens is 1. The zero-order chi connectivity index (χ0) is 28.4. The molecule has 7 nitrogen and oxygen atoms in total. The molecule has 3 aromatic rings. The Hall–Kier alpha value is -3.36. The maximum Gasteiger partial charge on any atom is 0.264 e. The minimum absolute atomic E-state index is 0.0607. The summed E-state index contributed by atoms with van der Waals surface area (Å²) in [5.74, 6) is -0.783. The van der Waals surface area contributed by atoms with E-state index in [-0.39, 0.29) is 17.3 Å². The van der Waals surface area contributed by atoms with Gasteiger partial charge >= 0.3 is 0 Å². The van der Waals surface area contributed by atoms with Crippen molar-refractivity contribution in [3.05, 3.63) is 95.0 Å². The average molecular weight is 570 g/mol. The summed E-state index contributed by atoms with van der Waals surface area (Å²) in [6.07, 6.45) is 2.09. The van der Waals surface area contributed by atoms with Crippen LogP contribution in [0.5, 0.6) is 0 Å². The highest BCUT2D eigenvalue weighted by Crippen LogP contribution is 2.28. The molecular weight excluding hydrogens is 534 g/mol. The average Bonchev–Trinajstić information content (AvgIpc) is 2.93. The third kappa shape index (κ3) is 7.61. The molecule has 0 aliphatic heterocycles. The molecule has 2 amide bonds. The van der Waals surface area contributed by atoms with Gasteiger partial charge in [-0.3, -0.25) is 13.9 Å². The molecular formula is C30H36ClN3O4S. The second-order valence-electron chi connectivity index (χ2n) is 9.29. The number of amides is 2. The van der Waals surface area contributed by atoms with Crippen LogP contribution in [0, 0.1) is 6.92 Å². The molecule has 0 aromatic heterocycles. The van der Waals surface area contributed by atoms with Crippen molar-refractivity contribution >= 4 is 39.1 Å². The minimum Gasteiger partial charge on any atom is -0.354 e. The Labute approximate surface area is 236 Å². The molecule has 0 radical (unpaired) electrons. The Morgan fingerprint density at radius 2 is 1.56 bits per heavy atom. The summed E-state index contributed by atoms with van der Waals surface area (Å²) < 4.78 is 28.8. The van der Waals surface area contributed by atoms with Crippen molar-refractivity contribution in [3.8, 4) is 0 Å². The molecule has 0 spiro atoms. The molecule has 1 atom stereocenters. The van der Waals surface area contributed by atoms with Crippen molar-refractivity contribution in [2.75, 3.05) is 17.4 Å². The van der Waals surface area contributed by atoms with Crippen LogP contribution in [0.4, 0.5) is 5.69 Å². The highest BCUT2D eigenvalue weighted by molar-refractivity contribution is 7.92. The second kappa shape index (κ2) is 14.1. The topological polar surface area (TPSA) is 86.8 Å². The third-order valence-electron chi connectivity index (χ3n) is 6.51. The number of carbonyl (C=O) groups excluding carboxylic acids is 2. The van der Waals surface area contributed by atoms with Gasteiger partial charge < -0.3 is 10.2 Å². The van der Waals surface area contributed by atoms with Crippen LogP contribution in [0.15, 0.2) is 83.8 Å². The summed E-state index contributed by atoms with van der Waals surface area (Å²) >= 11 is 6.43. The normalized spacial score (nSPS) is 12.0. The number of hydrogen-bond donors (Lipinski definition) is 1. The second-order valence-corrected chi connectivity index (χ2v) is 11.6. The quantitative estimate of drug-likeness (QED) is 0.273. The fourth-order valence-corrected chi connectivity index (χ4v) is 6.01. The van der Waals surface area contributed by atoms with E-state index in [9.17, 15) is 18.0 Å². The lowest BCUT2D eigenvalue weighted by atomic mass is 10.1. The van der Waals surface area contributed by atoms with Gasteiger partial charge in [0.2, 0.25) is 11.8 Å². The largest absolute Gasteiger partial charge is 0.354 e. The number of rotatable bonds is 13. The number of benzene rings is 3. The van der Waals surface area contributed by atoms with E-state index >= 15 is 0 Å². The van der Waals surface area contributed by atoms with E-state index in [1.165, 1.54) is 17.0 Å². The fraction of sp³-hybridized carbons (Fsp3) is 0.333. The fourth-order valence-electron chi connectivity index (χ4n) is 4.31. The molecule has 1 N–H and O–H groups in total. The molecule has 0 saturated heterocycles. The van der Waals surface area contributed by atoms with Crippen LogP contribution < -0.4 is 9.62 Å². The first kappa shape index (κ1) is 30.2. The Morgan fingerprint density at radius 1 is 0.923 bits per heavy atom. The zero-order valence-corrected chi connectivity index (χ0v) is 24.2. The van der Waals surface area contributed by atoms with Crippen molar-refractivity contribution in [1.82, 2.24) is 10.2 Å². The number of sulfonamides is 1. The van der Waals surface area contributed by atoms with Gasteiger partial charge in [0.25, 0.3) is 10.0 Å². The van der Waals surface area contributed by atoms with E-state index in [0.717, 1.165) is 17.1 Å². The highest BCUT2D eigenvalue weighted by atomic mass is 35.5. The summed E-state index contributed by atoms with van der Waals surface area (Å²) in [6, 6.07) is 21.4. The van der Waals surface area contributed by atoms with E-state index in [4.69, 9.17) is 11.6 Å². The van der Waals surface area contributed by atoms with Crippen LogP contribution in [0.25, 0.3) is 0 Å². The number of unbranched alkanes of at least 4 members (excludes halogenated alkanes) is 1. The summed E-state index contributed by atoms with van der Waals surface area (Å²) in [4.78, 5) is 28.8. The third-order valence-corrected chi connectivity index (χ3v) is 8.65. The molecule has 0 fully saturated rings. The summed E-state index contributed by atoms with van der Waals surface area (Å²) in [5, 5.41) is 3.39. The van der Waals surface area contributed by atoms with Gasteiger partial charge in [0.15, 0.2) is 0 Å². The Balaban J connectivity index is 2.04. The van der Waals surface area contributed by atoms with Gasteiger partial charge in [0.05, 0.1) is 10.6 Å². The molecule has 39 heavy (non-hydrogen) atoms. The van der Waals surface area contributed by atoms with E-state index < -0.39 is 28.5 Å². The lowest BCUT2D eigenvalue weighted by molar-refractivity contribution is -0.140. The predicted octanol–water partition coefficient (Wildman–Crippen LogP) is 5.57. The maximum atomic E-state index is 14.1. The number of anilines is 1. The van der Waals surface area contributed by atoms with Gasteiger partial charge in [-0.15, -0.1) is 0 Å². The Kier molecular flexibility index (Phi) is 10.9.